The molecule has 3 aromatic rings. The minimum Gasteiger partial charge on any atom is -0.497 e. The average molecular weight is 420 g/mol. The van der Waals surface area contributed by atoms with E-state index in [4.69, 9.17) is 32.7 Å². The maximum Gasteiger partial charge on any atom is 0.258 e. The number of hydrogen-bond donors (Lipinski definition) is 1. The standard InChI is InChI=1S/C20H19Cl2N3O3/c1-25-10-9-23-20(25)19(13-3-6-15(27-2)7-4-13)24-18(26)12-28-17-11-14(21)5-8-16(17)22/h3-11,19H,12H2,1-2H3,(H,24,26). The number of aromatic nitrogens is 2. The van der Waals surface area contributed by atoms with E-state index in [2.05, 4.69) is 10.3 Å². The number of aryl methyl sites for hydroxylation is 1. The number of hydrogen-bond acceptors (Lipinski definition) is 4. The number of nitrogens with zero attached hydrogens (tertiary/aromatic N) is 2. The molecule has 0 spiro atoms. The highest BCUT2D eigenvalue weighted by Crippen LogP contribution is 2.28. The van der Waals surface area contributed by atoms with Crippen molar-refractivity contribution in [2.24, 2.45) is 7.05 Å². The minimum atomic E-state index is -0.447. The summed E-state index contributed by atoms with van der Waals surface area (Å²) in [4.78, 5) is 16.9. The van der Waals surface area contributed by atoms with E-state index < -0.39 is 6.04 Å². The number of rotatable bonds is 7. The molecule has 1 amide bonds. The van der Waals surface area contributed by atoms with Gasteiger partial charge in [-0.1, -0.05) is 35.3 Å². The number of ether oxygens (including phenoxy) is 2. The molecule has 1 atom stereocenters. The first kappa shape index (κ1) is 20.0. The molecule has 146 valence electrons. The summed E-state index contributed by atoms with van der Waals surface area (Å²) < 4.78 is 12.6. The van der Waals surface area contributed by atoms with Crippen LogP contribution in [0.1, 0.15) is 17.4 Å². The van der Waals surface area contributed by atoms with Crippen LogP contribution in [-0.4, -0.2) is 29.2 Å². The second-order valence-corrected chi connectivity index (χ2v) is 6.88. The molecule has 1 unspecified atom stereocenters. The van der Waals surface area contributed by atoms with E-state index in [0.717, 1.165) is 11.3 Å². The van der Waals surface area contributed by atoms with Crippen LogP contribution >= 0.6 is 23.2 Å². The topological polar surface area (TPSA) is 65.4 Å². The summed E-state index contributed by atoms with van der Waals surface area (Å²) in [5.41, 5.74) is 0.865. The summed E-state index contributed by atoms with van der Waals surface area (Å²) >= 11 is 12.0. The van der Waals surface area contributed by atoms with E-state index in [1.54, 1.807) is 31.5 Å². The zero-order valence-electron chi connectivity index (χ0n) is 15.4. The second-order valence-electron chi connectivity index (χ2n) is 6.03. The molecule has 0 fully saturated rings. The van der Waals surface area contributed by atoms with Gasteiger partial charge in [0.25, 0.3) is 5.91 Å². The van der Waals surface area contributed by atoms with Crippen LogP contribution in [0, 0.1) is 0 Å². The predicted octanol–water partition coefficient (Wildman–Crippen LogP) is 4.02. The number of carbonyl (C=O) groups is 1. The van der Waals surface area contributed by atoms with Crippen molar-refractivity contribution in [3.05, 3.63) is 76.3 Å². The van der Waals surface area contributed by atoms with Crippen molar-refractivity contribution in [1.82, 2.24) is 14.9 Å². The van der Waals surface area contributed by atoms with Gasteiger partial charge in [-0.3, -0.25) is 4.79 Å². The van der Waals surface area contributed by atoms with E-state index in [0.29, 0.717) is 21.6 Å². The summed E-state index contributed by atoms with van der Waals surface area (Å²) in [6.07, 6.45) is 3.50. The van der Waals surface area contributed by atoms with Crippen molar-refractivity contribution in [1.29, 1.82) is 0 Å². The highest BCUT2D eigenvalue weighted by atomic mass is 35.5. The molecular formula is C20H19Cl2N3O3. The smallest absolute Gasteiger partial charge is 0.258 e. The number of imidazole rings is 1. The lowest BCUT2D eigenvalue weighted by atomic mass is 10.1. The van der Waals surface area contributed by atoms with Crippen LogP contribution in [0.5, 0.6) is 11.5 Å². The lowest BCUT2D eigenvalue weighted by molar-refractivity contribution is -0.123. The van der Waals surface area contributed by atoms with Gasteiger partial charge in [0.05, 0.1) is 12.1 Å². The molecular weight excluding hydrogens is 401 g/mol. The van der Waals surface area contributed by atoms with Crippen LogP contribution in [0.3, 0.4) is 0 Å². The Morgan fingerprint density at radius 3 is 2.61 bits per heavy atom. The molecule has 0 aliphatic rings. The first-order valence-corrected chi connectivity index (χ1v) is 9.22. The van der Waals surface area contributed by atoms with Gasteiger partial charge >= 0.3 is 0 Å². The van der Waals surface area contributed by atoms with Gasteiger partial charge in [-0.25, -0.2) is 4.98 Å². The maximum atomic E-state index is 12.6. The predicted molar refractivity (Wildman–Crippen MR) is 108 cm³/mol. The summed E-state index contributed by atoms with van der Waals surface area (Å²) in [7, 11) is 3.47. The SMILES string of the molecule is COc1ccc(C(NC(=O)COc2cc(Cl)ccc2Cl)c2nccn2C)cc1. The zero-order valence-corrected chi connectivity index (χ0v) is 16.9. The Hall–Kier alpha value is -2.70. The zero-order chi connectivity index (χ0) is 20.1. The Morgan fingerprint density at radius 2 is 1.96 bits per heavy atom. The highest BCUT2D eigenvalue weighted by Gasteiger charge is 2.21. The quantitative estimate of drug-likeness (QED) is 0.627. The van der Waals surface area contributed by atoms with Crippen molar-refractivity contribution in [3.8, 4) is 11.5 Å². The number of nitrogens with one attached hydrogen (secondary N) is 1. The Kier molecular flexibility index (Phi) is 6.44. The molecule has 0 aliphatic carbocycles. The van der Waals surface area contributed by atoms with Gasteiger partial charge in [-0.15, -0.1) is 0 Å². The molecule has 3 rings (SSSR count). The first-order chi connectivity index (χ1) is 13.5. The third-order valence-electron chi connectivity index (χ3n) is 4.12. The van der Waals surface area contributed by atoms with Crippen molar-refractivity contribution in [2.45, 2.75) is 6.04 Å². The number of halogens is 2. The Bertz CT molecular complexity index is 958. The third-order valence-corrected chi connectivity index (χ3v) is 4.67. The van der Waals surface area contributed by atoms with Crippen LogP contribution in [0.4, 0.5) is 0 Å². The summed E-state index contributed by atoms with van der Waals surface area (Å²) in [6, 6.07) is 11.8. The molecule has 0 radical (unpaired) electrons. The van der Waals surface area contributed by atoms with Crippen molar-refractivity contribution in [3.63, 3.8) is 0 Å². The Balaban J connectivity index is 1.76. The molecule has 2 aromatic carbocycles. The molecule has 28 heavy (non-hydrogen) atoms. The van der Waals surface area contributed by atoms with Crippen LogP contribution in [0.2, 0.25) is 10.0 Å². The lowest BCUT2D eigenvalue weighted by Crippen LogP contribution is -2.34. The molecule has 8 heteroatoms. The number of amides is 1. The first-order valence-electron chi connectivity index (χ1n) is 8.46. The van der Waals surface area contributed by atoms with E-state index >= 15 is 0 Å². The molecule has 0 saturated carbocycles. The Labute approximate surface area is 173 Å². The maximum absolute atomic E-state index is 12.6. The van der Waals surface area contributed by atoms with Crippen LogP contribution in [0.25, 0.3) is 0 Å². The van der Waals surface area contributed by atoms with Gasteiger partial charge in [0.1, 0.15) is 23.4 Å². The molecule has 0 saturated heterocycles. The minimum absolute atomic E-state index is 0.211. The monoisotopic (exact) mass is 419 g/mol. The second kappa shape index (κ2) is 8.99. The van der Waals surface area contributed by atoms with Crippen molar-refractivity contribution >= 4 is 29.1 Å². The van der Waals surface area contributed by atoms with Gasteiger partial charge in [-0.2, -0.15) is 0 Å². The van der Waals surface area contributed by atoms with E-state index in [1.165, 1.54) is 0 Å². The van der Waals surface area contributed by atoms with Gasteiger partial charge in [-0.05, 0) is 29.8 Å². The average Bonchev–Trinajstić information content (AvgIpc) is 3.12. The van der Waals surface area contributed by atoms with Crippen LogP contribution < -0.4 is 14.8 Å². The molecule has 1 N–H and O–H groups in total. The lowest BCUT2D eigenvalue weighted by Gasteiger charge is -2.20. The summed E-state index contributed by atoms with van der Waals surface area (Å²) in [5, 5.41) is 3.81. The highest BCUT2D eigenvalue weighted by molar-refractivity contribution is 6.34. The van der Waals surface area contributed by atoms with Gasteiger partial charge in [0.15, 0.2) is 6.61 Å². The molecule has 1 aromatic heterocycles. The largest absolute Gasteiger partial charge is 0.497 e. The fourth-order valence-electron chi connectivity index (χ4n) is 2.68. The molecule has 0 aliphatic heterocycles. The summed E-state index contributed by atoms with van der Waals surface area (Å²) in [5.74, 6) is 1.45. The normalized spacial score (nSPS) is 11.7. The van der Waals surface area contributed by atoms with Crippen molar-refractivity contribution in [2.75, 3.05) is 13.7 Å². The van der Waals surface area contributed by atoms with E-state index in [1.807, 2.05) is 42.1 Å². The summed E-state index contributed by atoms with van der Waals surface area (Å²) in [6.45, 7) is -0.211. The fourth-order valence-corrected chi connectivity index (χ4v) is 3.02. The van der Waals surface area contributed by atoms with E-state index in [9.17, 15) is 4.79 Å². The van der Waals surface area contributed by atoms with Gasteiger partial charge in [0, 0.05) is 30.5 Å². The van der Waals surface area contributed by atoms with Crippen LogP contribution in [0.15, 0.2) is 54.9 Å². The Morgan fingerprint density at radius 1 is 1.21 bits per heavy atom. The number of benzene rings is 2. The number of methoxy groups -OCH3 is 1. The third kappa shape index (κ3) is 4.77. The molecule has 1 heterocycles. The van der Waals surface area contributed by atoms with Gasteiger partial charge < -0.3 is 19.4 Å². The number of carbonyl (C=O) groups excluding carboxylic acids is 1. The van der Waals surface area contributed by atoms with Crippen LogP contribution in [-0.2, 0) is 11.8 Å². The van der Waals surface area contributed by atoms with Gasteiger partial charge in [0.2, 0.25) is 0 Å². The van der Waals surface area contributed by atoms with E-state index in [-0.39, 0.29) is 12.5 Å². The fraction of sp³-hybridized carbons (Fsp3) is 0.200. The molecule has 0 bridgehead atoms. The molecule has 6 nitrogen and oxygen atoms in total. The van der Waals surface area contributed by atoms with Crippen molar-refractivity contribution < 1.29 is 14.3 Å².